The van der Waals surface area contributed by atoms with E-state index in [4.69, 9.17) is 0 Å². The van der Waals surface area contributed by atoms with Gasteiger partial charge in [-0.1, -0.05) is 37.3 Å². The van der Waals surface area contributed by atoms with Crippen molar-refractivity contribution in [2.75, 3.05) is 30.8 Å². The third-order valence-electron chi connectivity index (χ3n) is 4.16. The van der Waals surface area contributed by atoms with E-state index < -0.39 is 0 Å². The van der Waals surface area contributed by atoms with Gasteiger partial charge in [-0.25, -0.2) is 4.98 Å². The van der Waals surface area contributed by atoms with Crippen LogP contribution in [-0.4, -0.2) is 46.9 Å². The molecule has 2 aromatic rings. The maximum absolute atomic E-state index is 12.6. The molecular weight excluding hydrogens is 326 g/mol. The van der Waals surface area contributed by atoms with Crippen molar-refractivity contribution in [1.29, 1.82) is 0 Å². The van der Waals surface area contributed by atoms with Crippen molar-refractivity contribution in [3.8, 4) is 0 Å². The van der Waals surface area contributed by atoms with E-state index in [9.17, 15) is 4.79 Å². The van der Waals surface area contributed by atoms with Crippen molar-refractivity contribution in [3.05, 3.63) is 47.5 Å². The highest BCUT2D eigenvalue weighted by Crippen LogP contribution is 2.35. The lowest BCUT2D eigenvalue weighted by Gasteiger charge is -2.40. The number of benzene rings is 1. The molecule has 0 spiro atoms. The van der Waals surface area contributed by atoms with Crippen LogP contribution in [0.5, 0.6) is 0 Å². The van der Waals surface area contributed by atoms with E-state index in [2.05, 4.69) is 41.1 Å². The van der Waals surface area contributed by atoms with E-state index in [1.54, 1.807) is 18.1 Å². The van der Waals surface area contributed by atoms with Crippen LogP contribution in [0.15, 0.2) is 41.9 Å². The van der Waals surface area contributed by atoms with Gasteiger partial charge < -0.3 is 0 Å². The van der Waals surface area contributed by atoms with Gasteiger partial charge in [-0.05, 0) is 5.56 Å². The largest absolute Gasteiger partial charge is 0.290 e. The fraction of sp³-hybridized carbons (Fsp3) is 0.412. The molecule has 122 valence electrons. The van der Waals surface area contributed by atoms with Crippen LogP contribution in [0.4, 0.5) is 5.13 Å². The zero-order valence-corrected chi connectivity index (χ0v) is 15.0. The van der Waals surface area contributed by atoms with Gasteiger partial charge in [0.25, 0.3) is 0 Å². The third kappa shape index (κ3) is 3.76. The molecule has 1 fully saturated rings. The number of carbonyl (C=O) groups excluding carboxylic acids is 1. The lowest BCUT2D eigenvalue weighted by Crippen LogP contribution is -2.46. The number of nitrogens with zero attached hydrogens (tertiary/aromatic N) is 3. The summed E-state index contributed by atoms with van der Waals surface area (Å²) in [6.45, 7) is 3.62. The molecule has 1 amide bonds. The Balaban J connectivity index is 1.75. The van der Waals surface area contributed by atoms with Crippen LogP contribution >= 0.6 is 23.1 Å². The van der Waals surface area contributed by atoms with Crippen LogP contribution in [0.3, 0.4) is 0 Å². The molecule has 0 N–H and O–H groups in total. The van der Waals surface area contributed by atoms with E-state index in [0.29, 0.717) is 11.8 Å². The molecule has 0 radical (unpaired) electrons. The van der Waals surface area contributed by atoms with E-state index in [0.717, 1.165) is 17.4 Å². The number of carbonyl (C=O) groups is 1. The molecule has 0 aliphatic carbocycles. The molecule has 1 aliphatic rings. The molecule has 2 atom stereocenters. The predicted octanol–water partition coefficient (Wildman–Crippen LogP) is 3.28. The van der Waals surface area contributed by atoms with Gasteiger partial charge in [0.1, 0.15) is 0 Å². The molecule has 1 aromatic heterocycles. The van der Waals surface area contributed by atoms with Crippen LogP contribution in [0, 0.1) is 0 Å². The van der Waals surface area contributed by atoms with Crippen molar-refractivity contribution in [2.24, 2.45) is 0 Å². The highest BCUT2D eigenvalue weighted by Gasteiger charge is 2.32. The SMILES string of the molecule is CC1SCCN(CC(=O)N(C)c2nccs2)C1c1ccccc1. The monoisotopic (exact) mass is 347 g/mol. The van der Waals surface area contributed by atoms with Crippen LogP contribution in [0.25, 0.3) is 0 Å². The molecule has 0 saturated carbocycles. The van der Waals surface area contributed by atoms with E-state index in [1.807, 2.05) is 23.2 Å². The number of aromatic nitrogens is 1. The van der Waals surface area contributed by atoms with Gasteiger partial charge in [0, 0.05) is 42.2 Å². The normalized spacial score (nSPS) is 22.0. The number of amides is 1. The van der Waals surface area contributed by atoms with Gasteiger partial charge in [0.15, 0.2) is 5.13 Å². The molecule has 3 rings (SSSR count). The second kappa shape index (κ2) is 7.47. The summed E-state index contributed by atoms with van der Waals surface area (Å²) < 4.78 is 0. The Morgan fingerprint density at radius 3 is 2.87 bits per heavy atom. The van der Waals surface area contributed by atoms with Crippen LogP contribution in [-0.2, 0) is 4.79 Å². The maximum atomic E-state index is 12.6. The fourth-order valence-electron chi connectivity index (χ4n) is 2.96. The van der Waals surface area contributed by atoms with Gasteiger partial charge >= 0.3 is 0 Å². The molecule has 4 nitrogen and oxygen atoms in total. The minimum absolute atomic E-state index is 0.0972. The standard InChI is InChI=1S/C17H21N3OS2/c1-13-16(14-6-4-3-5-7-14)20(9-11-22-13)12-15(21)19(2)17-18-8-10-23-17/h3-8,10,13,16H,9,11-12H2,1-2H3. The van der Waals surface area contributed by atoms with Crippen LogP contribution in [0.1, 0.15) is 18.5 Å². The number of anilines is 1. The number of thiazole rings is 1. The van der Waals surface area contributed by atoms with Gasteiger partial charge in [0.2, 0.25) is 5.91 Å². The third-order valence-corrected chi connectivity index (χ3v) is 6.21. The van der Waals surface area contributed by atoms with E-state index in [-0.39, 0.29) is 11.9 Å². The molecule has 1 saturated heterocycles. The van der Waals surface area contributed by atoms with Crippen molar-refractivity contribution >= 4 is 34.1 Å². The zero-order valence-electron chi connectivity index (χ0n) is 13.4. The predicted molar refractivity (Wildman–Crippen MR) is 98.2 cm³/mol. The Hall–Kier alpha value is -1.37. The summed E-state index contributed by atoms with van der Waals surface area (Å²) in [7, 11) is 1.81. The molecule has 2 unspecified atom stereocenters. The maximum Gasteiger partial charge on any atom is 0.242 e. The molecule has 0 bridgehead atoms. The summed E-state index contributed by atoms with van der Waals surface area (Å²) in [5.41, 5.74) is 1.29. The summed E-state index contributed by atoms with van der Waals surface area (Å²) in [4.78, 5) is 20.8. The first-order chi connectivity index (χ1) is 11.2. The lowest BCUT2D eigenvalue weighted by atomic mass is 10.0. The summed E-state index contributed by atoms with van der Waals surface area (Å²) >= 11 is 3.47. The number of hydrogen-bond acceptors (Lipinski definition) is 5. The first-order valence-electron chi connectivity index (χ1n) is 7.73. The quantitative estimate of drug-likeness (QED) is 0.850. The van der Waals surface area contributed by atoms with Crippen LogP contribution < -0.4 is 4.90 Å². The van der Waals surface area contributed by atoms with Gasteiger partial charge in [-0.2, -0.15) is 11.8 Å². The van der Waals surface area contributed by atoms with E-state index in [1.165, 1.54) is 16.9 Å². The average molecular weight is 348 g/mol. The molecule has 6 heteroatoms. The summed E-state index contributed by atoms with van der Waals surface area (Å²) in [5.74, 6) is 1.17. The molecule has 23 heavy (non-hydrogen) atoms. The van der Waals surface area contributed by atoms with Gasteiger partial charge in [-0.3, -0.25) is 14.6 Å². The Labute approximate surface area is 145 Å². The van der Waals surface area contributed by atoms with Crippen molar-refractivity contribution in [3.63, 3.8) is 0 Å². The topological polar surface area (TPSA) is 36.4 Å². The Bertz CT molecular complexity index is 633. The van der Waals surface area contributed by atoms with Crippen LogP contribution in [0.2, 0.25) is 0 Å². The number of rotatable bonds is 4. The zero-order chi connectivity index (χ0) is 16.2. The Kier molecular flexibility index (Phi) is 5.35. The first kappa shape index (κ1) is 16.5. The molecule has 1 aromatic carbocycles. The smallest absolute Gasteiger partial charge is 0.242 e. The average Bonchev–Trinajstić information content (AvgIpc) is 3.09. The molecule has 2 heterocycles. The minimum atomic E-state index is 0.0972. The molecule has 1 aliphatic heterocycles. The summed E-state index contributed by atoms with van der Waals surface area (Å²) in [5, 5.41) is 3.13. The van der Waals surface area contributed by atoms with Gasteiger partial charge in [-0.15, -0.1) is 11.3 Å². The van der Waals surface area contributed by atoms with E-state index >= 15 is 0 Å². The summed E-state index contributed by atoms with van der Waals surface area (Å²) in [6.07, 6.45) is 1.73. The second-order valence-corrected chi connectivity index (χ2v) is 8.03. The number of likely N-dealkylation sites (N-methyl/N-ethyl adjacent to an activating group) is 1. The van der Waals surface area contributed by atoms with Crippen molar-refractivity contribution < 1.29 is 4.79 Å². The van der Waals surface area contributed by atoms with Crippen molar-refractivity contribution in [2.45, 2.75) is 18.2 Å². The Morgan fingerprint density at radius 1 is 1.39 bits per heavy atom. The highest BCUT2D eigenvalue weighted by molar-refractivity contribution is 8.00. The summed E-state index contributed by atoms with van der Waals surface area (Å²) in [6, 6.07) is 10.8. The number of hydrogen-bond donors (Lipinski definition) is 0. The van der Waals surface area contributed by atoms with Gasteiger partial charge in [0.05, 0.1) is 6.54 Å². The molecular formula is C17H21N3OS2. The Morgan fingerprint density at radius 2 is 2.17 bits per heavy atom. The lowest BCUT2D eigenvalue weighted by molar-refractivity contribution is -0.120. The first-order valence-corrected chi connectivity index (χ1v) is 9.66. The highest BCUT2D eigenvalue weighted by atomic mass is 32.2. The second-order valence-electron chi connectivity index (χ2n) is 5.67. The fourth-order valence-corrected chi connectivity index (χ4v) is 4.81. The number of thioether (sulfide) groups is 1. The minimum Gasteiger partial charge on any atom is -0.290 e. The van der Waals surface area contributed by atoms with Crippen molar-refractivity contribution in [1.82, 2.24) is 9.88 Å².